The van der Waals surface area contributed by atoms with Crippen molar-refractivity contribution in [2.45, 2.75) is 33.6 Å². The van der Waals surface area contributed by atoms with E-state index < -0.39 is 0 Å². The predicted molar refractivity (Wildman–Crippen MR) is 79.4 cm³/mol. The molecular formula is C16H24N2O. The summed E-state index contributed by atoms with van der Waals surface area (Å²) in [5.74, 6) is 0.673. The number of carbonyl (C=O) groups excluding carboxylic acids is 1. The summed E-state index contributed by atoms with van der Waals surface area (Å²) < 4.78 is 0. The van der Waals surface area contributed by atoms with Crippen molar-refractivity contribution in [2.24, 2.45) is 11.3 Å². The van der Waals surface area contributed by atoms with Crippen molar-refractivity contribution in [3.05, 3.63) is 29.8 Å². The molecule has 0 spiro atoms. The number of rotatable bonds is 6. The first-order chi connectivity index (χ1) is 9.03. The maximum absolute atomic E-state index is 12.0. The Morgan fingerprint density at radius 1 is 1.32 bits per heavy atom. The lowest BCUT2D eigenvalue weighted by atomic mass is 10.1. The zero-order valence-corrected chi connectivity index (χ0v) is 12.1. The van der Waals surface area contributed by atoms with Crippen molar-refractivity contribution in [2.75, 3.05) is 18.4 Å². The van der Waals surface area contributed by atoms with Crippen LogP contribution in [-0.2, 0) is 0 Å². The van der Waals surface area contributed by atoms with E-state index in [1.54, 1.807) is 0 Å². The first-order valence-electron chi connectivity index (χ1n) is 7.15. The van der Waals surface area contributed by atoms with Crippen molar-refractivity contribution in [3.63, 3.8) is 0 Å². The van der Waals surface area contributed by atoms with Crippen LogP contribution in [0.5, 0.6) is 0 Å². The van der Waals surface area contributed by atoms with Crippen LogP contribution in [-0.4, -0.2) is 19.0 Å². The SMILES string of the molecule is CCCNc1ccc(C(=O)NCC2CC2(C)C)cc1. The first kappa shape index (κ1) is 13.9. The Labute approximate surface area is 115 Å². The van der Waals surface area contributed by atoms with E-state index in [0.717, 1.165) is 30.8 Å². The highest BCUT2D eigenvalue weighted by molar-refractivity contribution is 5.94. The average molecular weight is 260 g/mol. The third kappa shape index (κ3) is 3.72. The number of benzene rings is 1. The molecule has 1 unspecified atom stereocenters. The van der Waals surface area contributed by atoms with Crippen LogP contribution in [0.25, 0.3) is 0 Å². The highest BCUT2D eigenvalue weighted by atomic mass is 16.1. The monoisotopic (exact) mass is 260 g/mol. The van der Waals surface area contributed by atoms with Gasteiger partial charge in [-0.05, 0) is 48.4 Å². The molecule has 1 amide bonds. The van der Waals surface area contributed by atoms with Gasteiger partial charge in [0.15, 0.2) is 0 Å². The van der Waals surface area contributed by atoms with Crippen molar-refractivity contribution >= 4 is 11.6 Å². The van der Waals surface area contributed by atoms with Crippen LogP contribution >= 0.6 is 0 Å². The lowest BCUT2D eigenvalue weighted by molar-refractivity contribution is 0.0950. The molecule has 0 aliphatic heterocycles. The van der Waals surface area contributed by atoms with Crippen molar-refractivity contribution < 1.29 is 4.79 Å². The van der Waals surface area contributed by atoms with Gasteiger partial charge in [-0.3, -0.25) is 4.79 Å². The van der Waals surface area contributed by atoms with Gasteiger partial charge in [-0.25, -0.2) is 0 Å². The van der Waals surface area contributed by atoms with Gasteiger partial charge < -0.3 is 10.6 Å². The Hall–Kier alpha value is -1.51. The van der Waals surface area contributed by atoms with E-state index in [4.69, 9.17) is 0 Å². The summed E-state index contributed by atoms with van der Waals surface area (Å²) in [5.41, 5.74) is 2.23. The van der Waals surface area contributed by atoms with Crippen LogP contribution in [0.1, 0.15) is 44.0 Å². The molecule has 1 saturated carbocycles. The molecule has 2 rings (SSSR count). The Morgan fingerprint density at radius 2 is 1.95 bits per heavy atom. The second-order valence-corrected chi connectivity index (χ2v) is 6.10. The minimum Gasteiger partial charge on any atom is -0.385 e. The fourth-order valence-corrected chi connectivity index (χ4v) is 2.25. The highest BCUT2D eigenvalue weighted by Crippen LogP contribution is 2.50. The summed E-state index contributed by atoms with van der Waals surface area (Å²) >= 11 is 0. The van der Waals surface area contributed by atoms with E-state index in [1.165, 1.54) is 6.42 Å². The molecule has 3 nitrogen and oxygen atoms in total. The summed E-state index contributed by atoms with van der Waals surface area (Å²) in [6.45, 7) is 8.38. The molecular weight excluding hydrogens is 236 g/mol. The fourth-order valence-electron chi connectivity index (χ4n) is 2.25. The molecule has 1 fully saturated rings. The van der Waals surface area contributed by atoms with Gasteiger partial charge in [0, 0.05) is 24.3 Å². The van der Waals surface area contributed by atoms with E-state index >= 15 is 0 Å². The molecule has 1 aliphatic rings. The van der Waals surface area contributed by atoms with Crippen LogP contribution in [0.3, 0.4) is 0 Å². The normalized spacial score (nSPS) is 19.8. The van der Waals surface area contributed by atoms with E-state index in [0.29, 0.717) is 11.3 Å². The van der Waals surface area contributed by atoms with E-state index in [-0.39, 0.29) is 5.91 Å². The summed E-state index contributed by atoms with van der Waals surface area (Å²) in [4.78, 5) is 12.0. The molecule has 0 saturated heterocycles. The second-order valence-electron chi connectivity index (χ2n) is 6.10. The molecule has 104 valence electrons. The van der Waals surface area contributed by atoms with Gasteiger partial charge in [0.25, 0.3) is 5.91 Å². The Bertz CT molecular complexity index is 437. The van der Waals surface area contributed by atoms with Crippen molar-refractivity contribution in [1.29, 1.82) is 0 Å². The molecule has 2 N–H and O–H groups in total. The quantitative estimate of drug-likeness (QED) is 0.824. The average Bonchev–Trinajstić information content (AvgIpc) is 3.02. The third-order valence-electron chi connectivity index (χ3n) is 3.95. The lowest BCUT2D eigenvalue weighted by Gasteiger charge is -2.08. The summed E-state index contributed by atoms with van der Waals surface area (Å²) in [5, 5.41) is 6.32. The maximum Gasteiger partial charge on any atom is 0.251 e. The molecule has 1 aliphatic carbocycles. The van der Waals surface area contributed by atoms with Gasteiger partial charge in [0.1, 0.15) is 0 Å². The van der Waals surface area contributed by atoms with Crippen molar-refractivity contribution in [1.82, 2.24) is 5.32 Å². The minimum atomic E-state index is 0.0322. The number of carbonyl (C=O) groups is 1. The number of hydrogen-bond donors (Lipinski definition) is 2. The zero-order valence-electron chi connectivity index (χ0n) is 12.1. The van der Waals surface area contributed by atoms with Crippen molar-refractivity contribution in [3.8, 4) is 0 Å². The Kier molecular flexibility index (Phi) is 4.13. The molecule has 0 heterocycles. The molecule has 1 aromatic rings. The molecule has 0 bridgehead atoms. The van der Waals surface area contributed by atoms with Crippen LogP contribution in [0, 0.1) is 11.3 Å². The standard InChI is InChI=1S/C16H24N2O/c1-4-9-17-14-7-5-12(6-8-14)15(19)18-11-13-10-16(13,2)3/h5-8,13,17H,4,9-11H2,1-3H3,(H,18,19). The molecule has 0 aromatic heterocycles. The number of nitrogens with one attached hydrogen (secondary N) is 2. The molecule has 1 atom stereocenters. The maximum atomic E-state index is 12.0. The van der Waals surface area contributed by atoms with Gasteiger partial charge in [-0.1, -0.05) is 20.8 Å². The van der Waals surface area contributed by atoms with Crippen LogP contribution in [0.4, 0.5) is 5.69 Å². The Balaban J connectivity index is 1.82. The first-order valence-corrected chi connectivity index (χ1v) is 7.15. The summed E-state index contributed by atoms with van der Waals surface area (Å²) in [7, 11) is 0. The Morgan fingerprint density at radius 3 is 2.47 bits per heavy atom. The van der Waals surface area contributed by atoms with E-state index in [1.807, 2.05) is 24.3 Å². The summed E-state index contributed by atoms with van der Waals surface area (Å²) in [6, 6.07) is 7.69. The second kappa shape index (κ2) is 5.64. The minimum absolute atomic E-state index is 0.0322. The number of amides is 1. The van der Waals surface area contributed by atoms with Crippen LogP contribution in [0.15, 0.2) is 24.3 Å². The fraction of sp³-hybridized carbons (Fsp3) is 0.562. The van der Waals surface area contributed by atoms with Crippen LogP contribution in [0.2, 0.25) is 0 Å². The highest BCUT2D eigenvalue weighted by Gasteiger charge is 2.45. The lowest BCUT2D eigenvalue weighted by Crippen LogP contribution is -2.26. The molecule has 19 heavy (non-hydrogen) atoms. The summed E-state index contributed by atoms with van der Waals surface area (Å²) in [6.07, 6.45) is 2.31. The molecule has 1 aromatic carbocycles. The van der Waals surface area contributed by atoms with Gasteiger partial charge in [-0.2, -0.15) is 0 Å². The van der Waals surface area contributed by atoms with E-state index in [9.17, 15) is 4.79 Å². The van der Waals surface area contributed by atoms with Gasteiger partial charge in [0.05, 0.1) is 0 Å². The smallest absolute Gasteiger partial charge is 0.251 e. The third-order valence-corrected chi connectivity index (χ3v) is 3.95. The van der Waals surface area contributed by atoms with Gasteiger partial charge in [0.2, 0.25) is 0 Å². The zero-order chi connectivity index (χ0) is 13.9. The molecule has 0 radical (unpaired) electrons. The predicted octanol–water partition coefficient (Wildman–Crippen LogP) is 3.28. The van der Waals surface area contributed by atoms with Crippen LogP contribution < -0.4 is 10.6 Å². The molecule has 3 heteroatoms. The van der Waals surface area contributed by atoms with E-state index in [2.05, 4.69) is 31.4 Å². The van der Waals surface area contributed by atoms with Gasteiger partial charge >= 0.3 is 0 Å². The number of anilines is 1. The number of hydrogen-bond acceptors (Lipinski definition) is 2. The van der Waals surface area contributed by atoms with Gasteiger partial charge in [-0.15, -0.1) is 0 Å². The topological polar surface area (TPSA) is 41.1 Å². The largest absolute Gasteiger partial charge is 0.385 e.